The molecule has 2 aliphatic rings. The van der Waals surface area contributed by atoms with E-state index in [4.69, 9.17) is 4.74 Å². The third-order valence-electron chi connectivity index (χ3n) is 4.10. The fourth-order valence-electron chi connectivity index (χ4n) is 2.64. The van der Waals surface area contributed by atoms with Crippen molar-refractivity contribution >= 4 is 21.6 Å². The lowest BCUT2D eigenvalue weighted by molar-refractivity contribution is -0.0000143. The molecule has 1 aliphatic carbocycles. The fourth-order valence-corrected chi connectivity index (χ4v) is 3.22. The van der Waals surface area contributed by atoms with Gasteiger partial charge in [0.05, 0.1) is 12.2 Å². The van der Waals surface area contributed by atoms with Gasteiger partial charge in [-0.05, 0) is 58.3 Å². The maximum atomic E-state index is 6.28. The first kappa shape index (κ1) is 12.3. The summed E-state index contributed by atoms with van der Waals surface area (Å²) in [5.74, 6) is 1.01. The van der Waals surface area contributed by atoms with Crippen LogP contribution in [0.4, 0.5) is 5.69 Å². The summed E-state index contributed by atoms with van der Waals surface area (Å²) < 4.78 is 7.39. The Bertz CT molecular complexity index is 486. The number of ether oxygens (including phenoxy) is 1. The van der Waals surface area contributed by atoms with Crippen molar-refractivity contribution in [2.75, 3.05) is 11.9 Å². The van der Waals surface area contributed by atoms with Crippen molar-refractivity contribution in [1.29, 1.82) is 0 Å². The number of nitrogens with one attached hydrogen (secondary N) is 1. The van der Waals surface area contributed by atoms with Crippen LogP contribution >= 0.6 is 15.9 Å². The van der Waals surface area contributed by atoms with Gasteiger partial charge in [-0.15, -0.1) is 0 Å². The Morgan fingerprint density at radius 2 is 2.00 bits per heavy atom. The van der Waals surface area contributed by atoms with Crippen LogP contribution < -0.4 is 10.1 Å². The zero-order valence-electron chi connectivity index (χ0n) is 11.3. The van der Waals surface area contributed by atoms with Gasteiger partial charge in [0.2, 0.25) is 0 Å². The summed E-state index contributed by atoms with van der Waals surface area (Å²) in [6, 6.07) is 4.40. The highest BCUT2D eigenvalue weighted by Gasteiger charge is 2.42. The van der Waals surface area contributed by atoms with E-state index < -0.39 is 0 Å². The van der Waals surface area contributed by atoms with E-state index in [0.29, 0.717) is 0 Å². The first-order valence-electron chi connectivity index (χ1n) is 6.67. The number of hydrogen-bond acceptors (Lipinski definition) is 2. The Kier molecular flexibility index (Phi) is 2.67. The van der Waals surface area contributed by atoms with Gasteiger partial charge in [-0.25, -0.2) is 0 Å². The van der Waals surface area contributed by atoms with Gasteiger partial charge >= 0.3 is 0 Å². The van der Waals surface area contributed by atoms with Crippen LogP contribution in [0, 0.1) is 0 Å². The molecular weight excluding hydrogens is 290 g/mol. The lowest BCUT2D eigenvalue weighted by atomic mass is 9.79. The first-order valence-corrected chi connectivity index (χ1v) is 7.46. The average Bonchev–Trinajstić information content (AvgIpc) is 2.25. The molecule has 0 unspecified atom stereocenters. The van der Waals surface area contributed by atoms with Crippen LogP contribution in [0.2, 0.25) is 0 Å². The second-order valence-electron chi connectivity index (χ2n) is 6.57. The molecule has 0 saturated heterocycles. The molecule has 1 fully saturated rings. The van der Waals surface area contributed by atoms with Crippen molar-refractivity contribution in [2.45, 2.75) is 51.0 Å². The molecule has 3 rings (SSSR count). The van der Waals surface area contributed by atoms with Crippen molar-refractivity contribution < 1.29 is 4.74 Å². The molecule has 3 heteroatoms. The normalized spacial score (nSPS) is 20.7. The molecule has 0 radical (unpaired) electrons. The van der Waals surface area contributed by atoms with Crippen LogP contribution in [0.5, 0.6) is 5.75 Å². The Morgan fingerprint density at radius 1 is 1.28 bits per heavy atom. The number of benzene rings is 1. The van der Waals surface area contributed by atoms with E-state index in [2.05, 4.69) is 54.2 Å². The van der Waals surface area contributed by atoms with Gasteiger partial charge in [-0.1, -0.05) is 20.8 Å². The monoisotopic (exact) mass is 309 g/mol. The molecule has 1 spiro atoms. The van der Waals surface area contributed by atoms with E-state index in [0.717, 1.165) is 22.5 Å². The largest absolute Gasteiger partial charge is 0.483 e. The second kappa shape index (κ2) is 3.89. The van der Waals surface area contributed by atoms with E-state index in [1.165, 1.54) is 24.8 Å². The maximum absolute atomic E-state index is 6.28. The summed E-state index contributed by atoms with van der Waals surface area (Å²) >= 11 is 3.66. The smallest absolute Gasteiger partial charge is 0.144 e. The van der Waals surface area contributed by atoms with Crippen molar-refractivity contribution in [1.82, 2.24) is 0 Å². The van der Waals surface area contributed by atoms with E-state index in [1.807, 2.05) is 0 Å². The summed E-state index contributed by atoms with van der Waals surface area (Å²) in [4.78, 5) is 0. The molecule has 1 aliphatic heterocycles. The number of fused-ring (bicyclic) bond motifs is 1. The summed E-state index contributed by atoms with van der Waals surface area (Å²) in [6.07, 6.45) is 3.64. The zero-order chi connectivity index (χ0) is 13.0. The fraction of sp³-hybridized carbons (Fsp3) is 0.600. The molecule has 1 aromatic carbocycles. The molecule has 0 aromatic heterocycles. The van der Waals surface area contributed by atoms with Gasteiger partial charge in [-0.2, -0.15) is 0 Å². The molecule has 0 amide bonds. The molecule has 1 N–H and O–H groups in total. The Morgan fingerprint density at radius 3 is 2.56 bits per heavy atom. The van der Waals surface area contributed by atoms with E-state index in [1.54, 1.807) is 0 Å². The maximum Gasteiger partial charge on any atom is 0.144 e. The Hall–Kier alpha value is -0.700. The highest BCUT2D eigenvalue weighted by molar-refractivity contribution is 9.10. The summed E-state index contributed by atoms with van der Waals surface area (Å²) in [5.41, 5.74) is 2.64. The predicted octanol–water partition coefficient (Wildman–Crippen LogP) is 4.47. The van der Waals surface area contributed by atoms with Crippen molar-refractivity contribution in [2.24, 2.45) is 0 Å². The van der Waals surface area contributed by atoms with Gasteiger partial charge in [0.25, 0.3) is 0 Å². The molecule has 98 valence electrons. The standard InChI is InChI=1S/C15H20BrNO/c1-14(2,3)10-7-11(16)13-12(8-10)18-15(9-17-13)5-4-6-15/h7-8,17H,4-6,9H2,1-3H3. The number of hydrogen-bond donors (Lipinski definition) is 1. The van der Waals surface area contributed by atoms with Gasteiger partial charge in [0.15, 0.2) is 0 Å². The van der Waals surface area contributed by atoms with Gasteiger partial charge in [0.1, 0.15) is 11.4 Å². The Labute approximate surface area is 117 Å². The minimum atomic E-state index is 0.0724. The molecule has 1 aromatic rings. The van der Waals surface area contributed by atoms with Crippen LogP contribution in [-0.2, 0) is 5.41 Å². The van der Waals surface area contributed by atoms with Gasteiger partial charge in [0, 0.05) is 4.47 Å². The van der Waals surface area contributed by atoms with Crippen molar-refractivity contribution in [3.63, 3.8) is 0 Å². The minimum Gasteiger partial charge on any atom is -0.483 e. The molecule has 1 heterocycles. The number of halogens is 1. The summed E-state index contributed by atoms with van der Waals surface area (Å²) in [5, 5.41) is 3.53. The van der Waals surface area contributed by atoms with Gasteiger partial charge in [-0.3, -0.25) is 0 Å². The minimum absolute atomic E-state index is 0.0724. The third-order valence-corrected chi connectivity index (χ3v) is 4.72. The van der Waals surface area contributed by atoms with E-state index >= 15 is 0 Å². The molecule has 0 atom stereocenters. The lowest BCUT2D eigenvalue weighted by Gasteiger charge is -2.46. The highest BCUT2D eigenvalue weighted by Crippen LogP contribution is 2.46. The highest BCUT2D eigenvalue weighted by atomic mass is 79.9. The third kappa shape index (κ3) is 1.93. The second-order valence-corrected chi connectivity index (χ2v) is 7.43. The molecule has 0 bridgehead atoms. The van der Waals surface area contributed by atoms with Crippen LogP contribution in [0.3, 0.4) is 0 Å². The van der Waals surface area contributed by atoms with Crippen LogP contribution in [0.1, 0.15) is 45.6 Å². The van der Waals surface area contributed by atoms with Gasteiger partial charge < -0.3 is 10.1 Å². The molecule has 1 saturated carbocycles. The SMILES string of the molecule is CC(C)(C)c1cc(Br)c2c(c1)OC1(CCC1)CN2. The van der Waals surface area contributed by atoms with Crippen LogP contribution in [0.25, 0.3) is 0 Å². The molecule has 2 nitrogen and oxygen atoms in total. The topological polar surface area (TPSA) is 21.3 Å². The predicted molar refractivity (Wildman–Crippen MR) is 78.5 cm³/mol. The number of rotatable bonds is 0. The molecular formula is C15H20BrNO. The van der Waals surface area contributed by atoms with E-state index in [-0.39, 0.29) is 11.0 Å². The van der Waals surface area contributed by atoms with E-state index in [9.17, 15) is 0 Å². The zero-order valence-corrected chi connectivity index (χ0v) is 12.9. The summed E-state index contributed by atoms with van der Waals surface area (Å²) in [6.45, 7) is 7.64. The van der Waals surface area contributed by atoms with Crippen LogP contribution in [0.15, 0.2) is 16.6 Å². The lowest BCUT2D eigenvalue weighted by Crippen LogP contribution is -2.51. The van der Waals surface area contributed by atoms with Crippen LogP contribution in [-0.4, -0.2) is 12.1 Å². The van der Waals surface area contributed by atoms with Crippen molar-refractivity contribution in [3.05, 3.63) is 22.2 Å². The quantitative estimate of drug-likeness (QED) is 0.763. The first-order chi connectivity index (χ1) is 8.40. The average molecular weight is 310 g/mol. The summed E-state index contributed by atoms with van der Waals surface area (Å²) in [7, 11) is 0. The number of anilines is 1. The van der Waals surface area contributed by atoms with Crippen molar-refractivity contribution in [3.8, 4) is 5.75 Å². The molecule has 18 heavy (non-hydrogen) atoms. The Balaban J connectivity index is 2.02.